The molecule has 0 amide bonds. The van der Waals surface area contributed by atoms with E-state index in [2.05, 4.69) is 31.0 Å². The van der Waals surface area contributed by atoms with Crippen LogP contribution < -0.4 is 11.1 Å². The first-order valence-corrected chi connectivity index (χ1v) is 5.39. The fourth-order valence-electron chi connectivity index (χ4n) is 1.88. The third-order valence-electron chi connectivity index (χ3n) is 3.04. The van der Waals surface area contributed by atoms with Crippen molar-refractivity contribution in [1.82, 2.24) is 5.32 Å². The van der Waals surface area contributed by atoms with Crippen LogP contribution in [0.25, 0.3) is 0 Å². The Morgan fingerprint density at radius 2 is 2.43 bits per heavy atom. The maximum atomic E-state index is 6.08. The van der Waals surface area contributed by atoms with Crippen LogP contribution in [0.15, 0.2) is 24.3 Å². The van der Waals surface area contributed by atoms with Crippen molar-refractivity contribution in [2.45, 2.75) is 38.3 Å². The summed E-state index contributed by atoms with van der Waals surface area (Å²) in [5.41, 5.74) is 7.41. The molecule has 0 aromatic carbocycles. The lowest BCUT2D eigenvalue weighted by atomic mass is 9.86. The van der Waals surface area contributed by atoms with Crippen molar-refractivity contribution in [2.75, 3.05) is 7.05 Å². The summed E-state index contributed by atoms with van der Waals surface area (Å²) in [6.45, 7) is 6.16. The number of likely N-dealkylation sites (N-methyl/N-ethyl adjacent to an activating group) is 1. The average Bonchev–Trinajstić information content (AvgIpc) is 2.16. The highest BCUT2D eigenvalue weighted by molar-refractivity contribution is 5.12. The van der Waals surface area contributed by atoms with Crippen LogP contribution in [0, 0.1) is 5.92 Å². The van der Waals surface area contributed by atoms with E-state index in [1.54, 1.807) is 0 Å². The molecule has 14 heavy (non-hydrogen) atoms. The first-order chi connectivity index (χ1) is 6.63. The Balaban J connectivity index is 2.40. The van der Waals surface area contributed by atoms with Crippen LogP contribution in [0.4, 0.5) is 0 Å². The molecular weight excluding hydrogens is 172 g/mol. The SMILES string of the molecule is C=C1CC=C[C@@H](CC(N)[C@@H](C)NC)C1. The summed E-state index contributed by atoms with van der Waals surface area (Å²) in [5, 5.41) is 3.19. The molecule has 0 aromatic rings. The van der Waals surface area contributed by atoms with Crippen molar-refractivity contribution in [3.05, 3.63) is 24.3 Å². The molecule has 0 saturated heterocycles. The van der Waals surface area contributed by atoms with Crippen LogP contribution in [-0.4, -0.2) is 19.1 Å². The highest BCUT2D eigenvalue weighted by atomic mass is 14.9. The van der Waals surface area contributed by atoms with E-state index in [0.717, 1.165) is 19.3 Å². The predicted molar refractivity (Wildman–Crippen MR) is 62.1 cm³/mol. The largest absolute Gasteiger partial charge is 0.326 e. The molecule has 0 fully saturated rings. The molecule has 1 aliphatic carbocycles. The van der Waals surface area contributed by atoms with E-state index in [9.17, 15) is 0 Å². The van der Waals surface area contributed by atoms with Crippen molar-refractivity contribution in [3.63, 3.8) is 0 Å². The minimum atomic E-state index is 0.237. The summed E-state index contributed by atoms with van der Waals surface area (Å²) in [7, 11) is 1.96. The molecule has 1 rings (SSSR count). The van der Waals surface area contributed by atoms with Crippen LogP contribution in [-0.2, 0) is 0 Å². The summed E-state index contributed by atoms with van der Waals surface area (Å²) in [6, 6.07) is 0.624. The number of nitrogens with two attached hydrogens (primary N) is 1. The molecular formula is C12H22N2. The molecule has 2 nitrogen and oxygen atoms in total. The van der Waals surface area contributed by atoms with Crippen molar-refractivity contribution < 1.29 is 0 Å². The molecule has 0 radical (unpaired) electrons. The number of rotatable bonds is 4. The third-order valence-corrected chi connectivity index (χ3v) is 3.04. The van der Waals surface area contributed by atoms with Gasteiger partial charge in [0.15, 0.2) is 0 Å². The van der Waals surface area contributed by atoms with Crippen LogP contribution in [0.3, 0.4) is 0 Å². The van der Waals surface area contributed by atoms with Gasteiger partial charge < -0.3 is 11.1 Å². The normalized spacial score (nSPS) is 26.2. The lowest BCUT2D eigenvalue weighted by Crippen LogP contribution is -2.42. The summed E-state index contributed by atoms with van der Waals surface area (Å²) in [4.78, 5) is 0. The van der Waals surface area contributed by atoms with E-state index in [1.807, 2.05) is 7.05 Å². The Labute approximate surface area is 87.3 Å². The van der Waals surface area contributed by atoms with Gasteiger partial charge in [0.25, 0.3) is 0 Å². The summed E-state index contributed by atoms with van der Waals surface area (Å²) >= 11 is 0. The smallest absolute Gasteiger partial charge is 0.0197 e. The van der Waals surface area contributed by atoms with Gasteiger partial charge in [-0.1, -0.05) is 24.3 Å². The summed E-state index contributed by atoms with van der Waals surface area (Å²) in [6.07, 6.45) is 7.72. The van der Waals surface area contributed by atoms with Gasteiger partial charge in [-0.2, -0.15) is 0 Å². The molecule has 0 bridgehead atoms. The quantitative estimate of drug-likeness (QED) is 0.670. The van der Waals surface area contributed by atoms with Crippen molar-refractivity contribution in [1.29, 1.82) is 0 Å². The zero-order chi connectivity index (χ0) is 10.6. The van der Waals surface area contributed by atoms with E-state index in [-0.39, 0.29) is 6.04 Å². The summed E-state index contributed by atoms with van der Waals surface area (Å²) < 4.78 is 0. The van der Waals surface area contributed by atoms with Gasteiger partial charge in [0.1, 0.15) is 0 Å². The Hall–Kier alpha value is -0.600. The second-order valence-corrected chi connectivity index (χ2v) is 4.32. The molecule has 1 aliphatic rings. The number of nitrogens with one attached hydrogen (secondary N) is 1. The molecule has 0 aliphatic heterocycles. The minimum Gasteiger partial charge on any atom is -0.326 e. The molecule has 0 heterocycles. The van der Waals surface area contributed by atoms with E-state index in [4.69, 9.17) is 5.73 Å². The van der Waals surface area contributed by atoms with Gasteiger partial charge in [0, 0.05) is 12.1 Å². The van der Waals surface area contributed by atoms with Crippen LogP contribution in [0.5, 0.6) is 0 Å². The first-order valence-electron chi connectivity index (χ1n) is 5.39. The van der Waals surface area contributed by atoms with Crippen LogP contribution in [0.1, 0.15) is 26.2 Å². The van der Waals surface area contributed by atoms with Crippen LogP contribution >= 0.6 is 0 Å². The van der Waals surface area contributed by atoms with E-state index >= 15 is 0 Å². The van der Waals surface area contributed by atoms with E-state index < -0.39 is 0 Å². The second-order valence-electron chi connectivity index (χ2n) is 4.32. The number of allylic oxidation sites excluding steroid dienone is 3. The fourth-order valence-corrected chi connectivity index (χ4v) is 1.88. The molecule has 80 valence electrons. The molecule has 0 saturated carbocycles. The average molecular weight is 194 g/mol. The van der Waals surface area contributed by atoms with E-state index in [0.29, 0.717) is 12.0 Å². The van der Waals surface area contributed by atoms with Gasteiger partial charge in [-0.15, -0.1) is 0 Å². The standard InChI is InChI=1S/C12H22N2/c1-9-5-4-6-11(7-9)8-12(13)10(2)14-3/h4,6,10-12,14H,1,5,7-8,13H2,2-3H3/t10-,11-,12?/m1/s1. The van der Waals surface area contributed by atoms with Gasteiger partial charge in [0.2, 0.25) is 0 Å². The fraction of sp³-hybridized carbons (Fsp3) is 0.667. The van der Waals surface area contributed by atoms with Crippen molar-refractivity contribution in [2.24, 2.45) is 11.7 Å². The number of hydrogen-bond donors (Lipinski definition) is 2. The highest BCUT2D eigenvalue weighted by Gasteiger charge is 2.17. The van der Waals surface area contributed by atoms with E-state index in [1.165, 1.54) is 5.57 Å². The Morgan fingerprint density at radius 1 is 1.71 bits per heavy atom. The van der Waals surface area contributed by atoms with Crippen LogP contribution in [0.2, 0.25) is 0 Å². The molecule has 3 atom stereocenters. The molecule has 0 aromatic heterocycles. The number of hydrogen-bond acceptors (Lipinski definition) is 2. The van der Waals surface area contributed by atoms with Gasteiger partial charge >= 0.3 is 0 Å². The molecule has 1 unspecified atom stereocenters. The Bertz CT molecular complexity index is 220. The van der Waals surface area contributed by atoms with Gasteiger partial charge in [0.05, 0.1) is 0 Å². The van der Waals surface area contributed by atoms with Crippen molar-refractivity contribution in [3.8, 4) is 0 Å². The molecule has 0 spiro atoms. The van der Waals surface area contributed by atoms with Gasteiger partial charge in [-0.3, -0.25) is 0 Å². The Kier molecular flexibility index (Phi) is 4.36. The highest BCUT2D eigenvalue weighted by Crippen LogP contribution is 2.24. The third kappa shape index (κ3) is 3.28. The predicted octanol–water partition coefficient (Wildman–Crippen LogP) is 1.83. The zero-order valence-electron chi connectivity index (χ0n) is 9.29. The maximum absolute atomic E-state index is 6.08. The zero-order valence-corrected chi connectivity index (χ0v) is 9.29. The topological polar surface area (TPSA) is 38.0 Å². The molecule has 3 N–H and O–H groups in total. The van der Waals surface area contributed by atoms with Gasteiger partial charge in [-0.05, 0) is 39.2 Å². The monoisotopic (exact) mass is 194 g/mol. The lowest BCUT2D eigenvalue weighted by Gasteiger charge is -2.25. The molecule has 2 heteroatoms. The minimum absolute atomic E-state index is 0.237. The van der Waals surface area contributed by atoms with Gasteiger partial charge in [-0.25, -0.2) is 0 Å². The maximum Gasteiger partial charge on any atom is 0.0197 e. The Morgan fingerprint density at radius 3 is 3.00 bits per heavy atom. The summed E-state index contributed by atoms with van der Waals surface area (Å²) in [5.74, 6) is 0.599. The first kappa shape index (κ1) is 11.5. The second kappa shape index (κ2) is 5.32. The van der Waals surface area contributed by atoms with Crippen molar-refractivity contribution >= 4 is 0 Å². The lowest BCUT2D eigenvalue weighted by molar-refractivity contribution is 0.410.